The summed E-state index contributed by atoms with van der Waals surface area (Å²) in [6, 6.07) is 13.2. The number of rotatable bonds is 5. The first-order valence-corrected chi connectivity index (χ1v) is 13.4. The van der Waals surface area contributed by atoms with Gasteiger partial charge in [-0.05, 0) is 57.1 Å². The maximum atomic E-state index is 14.8. The van der Waals surface area contributed by atoms with Gasteiger partial charge in [-0.25, -0.2) is 4.39 Å². The standard InChI is InChI=1S/C30H33F4NO4/c1-27(12-10-20(11-13-27)25(36)37)26(38)35-15-14-29(17-19-6-4-3-5-7-19)22-9-8-21(28(2,31)30(32,33)34)16-23(22)39-18-24(29)35/h3-9,16,20,24H,10-15,17-18H2,1-2H3,(H,36,37). The summed E-state index contributed by atoms with van der Waals surface area (Å²) in [5.74, 6) is -1.10. The lowest BCUT2D eigenvalue weighted by Gasteiger charge is -2.45. The minimum absolute atomic E-state index is 0.0386. The third-order valence-electron chi connectivity index (χ3n) is 9.38. The predicted octanol–water partition coefficient (Wildman–Crippen LogP) is 6.19. The molecule has 2 fully saturated rings. The molecule has 0 radical (unpaired) electrons. The van der Waals surface area contributed by atoms with E-state index >= 15 is 0 Å². The second-order valence-corrected chi connectivity index (χ2v) is 11.8. The van der Waals surface area contributed by atoms with E-state index < -0.39 is 40.1 Å². The highest BCUT2D eigenvalue weighted by atomic mass is 19.4. The SMILES string of the molecule is CC1(C(=O)N2CCC3(Cc4ccccc4)c4ccc(C(C)(F)C(F)(F)F)cc4OCC23)CCC(C(=O)O)CC1. The summed E-state index contributed by atoms with van der Waals surface area (Å²) >= 11 is 0. The number of fused-ring (bicyclic) bond motifs is 3. The Labute approximate surface area is 225 Å². The number of benzene rings is 2. The number of carboxylic acids is 1. The summed E-state index contributed by atoms with van der Waals surface area (Å²) in [5, 5.41) is 9.40. The largest absolute Gasteiger partial charge is 0.491 e. The van der Waals surface area contributed by atoms with Crippen molar-refractivity contribution in [1.29, 1.82) is 0 Å². The Kier molecular flexibility index (Phi) is 6.71. The van der Waals surface area contributed by atoms with Crippen LogP contribution in [0.25, 0.3) is 0 Å². The Hall–Kier alpha value is -3.10. The van der Waals surface area contributed by atoms with E-state index in [2.05, 4.69) is 0 Å². The molecule has 1 aliphatic carbocycles. The highest BCUT2D eigenvalue weighted by Gasteiger charge is 2.57. The Morgan fingerprint density at radius 2 is 1.72 bits per heavy atom. The second kappa shape index (κ2) is 9.52. The molecule has 1 saturated carbocycles. The molecule has 210 valence electrons. The topological polar surface area (TPSA) is 66.8 Å². The molecule has 5 rings (SSSR count). The molecule has 3 aliphatic rings. The average molecular weight is 548 g/mol. The van der Waals surface area contributed by atoms with Crippen molar-refractivity contribution in [1.82, 2.24) is 4.90 Å². The molecule has 1 amide bonds. The molecule has 2 aromatic carbocycles. The van der Waals surface area contributed by atoms with E-state index in [1.54, 1.807) is 0 Å². The zero-order valence-electron chi connectivity index (χ0n) is 22.1. The third kappa shape index (κ3) is 4.57. The molecule has 39 heavy (non-hydrogen) atoms. The molecule has 1 N–H and O–H groups in total. The van der Waals surface area contributed by atoms with Gasteiger partial charge in [0.1, 0.15) is 12.4 Å². The molecule has 5 nitrogen and oxygen atoms in total. The van der Waals surface area contributed by atoms with E-state index in [9.17, 15) is 32.3 Å². The van der Waals surface area contributed by atoms with E-state index in [1.807, 2.05) is 42.2 Å². The van der Waals surface area contributed by atoms with Gasteiger partial charge in [0.15, 0.2) is 0 Å². The van der Waals surface area contributed by atoms with Crippen molar-refractivity contribution in [3.05, 3.63) is 65.2 Å². The van der Waals surface area contributed by atoms with E-state index in [4.69, 9.17) is 4.74 Å². The molecule has 0 spiro atoms. The minimum atomic E-state index is -5.08. The summed E-state index contributed by atoms with van der Waals surface area (Å²) in [6.07, 6.45) is -2.12. The van der Waals surface area contributed by atoms with Crippen LogP contribution in [-0.2, 0) is 27.1 Å². The summed E-state index contributed by atoms with van der Waals surface area (Å²) in [4.78, 5) is 27.3. The minimum Gasteiger partial charge on any atom is -0.491 e. The molecule has 2 aliphatic heterocycles. The third-order valence-corrected chi connectivity index (χ3v) is 9.38. The van der Waals surface area contributed by atoms with Gasteiger partial charge >= 0.3 is 12.1 Å². The first-order valence-electron chi connectivity index (χ1n) is 13.4. The van der Waals surface area contributed by atoms with Gasteiger partial charge < -0.3 is 14.7 Å². The molecule has 0 aromatic heterocycles. The molecule has 3 unspecified atom stereocenters. The van der Waals surface area contributed by atoms with Crippen LogP contribution in [0.1, 0.15) is 62.6 Å². The quantitative estimate of drug-likeness (QED) is 0.454. The number of aliphatic carboxylic acids is 1. The summed E-state index contributed by atoms with van der Waals surface area (Å²) in [6.45, 7) is 2.93. The van der Waals surface area contributed by atoms with Crippen molar-refractivity contribution < 1.29 is 37.0 Å². The molecule has 2 heterocycles. The number of amides is 1. The van der Waals surface area contributed by atoms with Gasteiger partial charge in [-0.1, -0.05) is 49.4 Å². The number of ether oxygens (including phenoxy) is 1. The number of hydrogen-bond acceptors (Lipinski definition) is 3. The predicted molar refractivity (Wildman–Crippen MR) is 136 cm³/mol. The fraction of sp³-hybridized carbons (Fsp3) is 0.533. The van der Waals surface area contributed by atoms with Crippen LogP contribution >= 0.6 is 0 Å². The van der Waals surface area contributed by atoms with Crippen LogP contribution in [0, 0.1) is 11.3 Å². The molecule has 0 bridgehead atoms. The molecule has 1 saturated heterocycles. The lowest BCUT2D eigenvalue weighted by atomic mass is 9.67. The monoisotopic (exact) mass is 547 g/mol. The van der Waals surface area contributed by atoms with Crippen LogP contribution in [0.2, 0.25) is 0 Å². The smallest absolute Gasteiger partial charge is 0.426 e. The second-order valence-electron chi connectivity index (χ2n) is 11.8. The lowest BCUT2D eigenvalue weighted by Crippen LogP contribution is -2.55. The fourth-order valence-corrected chi connectivity index (χ4v) is 6.75. The maximum absolute atomic E-state index is 14.8. The lowest BCUT2D eigenvalue weighted by molar-refractivity contribution is -0.228. The highest BCUT2D eigenvalue weighted by Crippen LogP contribution is 2.53. The van der Waals surface area contributed by atoms with Crippen molar-refractivity contribution in [2.24, 2.45) is 11.3 Å². The first-order chi connectivity index (χ1) is 18.3. The van der Waals surface area contributed by atoms with E-state index in [1.165, 1.54) is 12.1 Å². The highest BCUT2D eigenvalue weighted by molar-refractivity contribution is 5.84. The number of hydrogen-bond donors (Lipinski definition) is 1. The van der Waals surface area contributed by atoms with Crippen LogP contribution in [-0.4, -0.2) is 47.3 Å². The van der Waals surface area contributed by atoms with Crippen molar-refractivity contribution in [2.75, 3.05) is 13.2 Å². The number of carbonyl (C=O) groups excluding carboxylic acids is 1. The van der Waals surface area contributed by atoms with E-state index in [0.29, 0.717) is 57.6 Å². The molecule has 3 atom stereocenters. The van der Waals surface area contributed by atoms with Crippen LogP contribution < -0.4 is 4.74 Å². The number of nitrogens with zero attached hydrogens (tertiary/aromatic N) is 1. The van der Waals surface area contributed by atoms with Gasteiger partial charge in [-0.15, -0.1) is 0 Å². The zero-order chi connectivity index (χ0) is 28.2. The Morgan fingerprint density at radius 1 is 1.05 bits per heavy atom. The molecule has 9 heteroatoms. The van der Waals surface area contributed by atoms with Crippen molar-refractivity contribution in [3.63, 3.8) is 0 Å². The Balaban J connectivity index is 1.51. The Bertz CT molecular complexity index is 1250. The fourth-order valence-electron chi connectivity index (χ4n) is 6.75. The normalized spacial score (nSPS) is 30.1. The van der Waals surface area contributed by atoms with Gasteiger partial charge in [0.2, 0.25) is 11.6 Å². The van der Waals surface area contributed by atoms with Crippen LogP contribution in [0.3, 0.4) is 0 Å². The number of likely N-dealkylation sites (tertiary alicyclic amines) is 1. The van der Waals surface area contributed by atoms with Crippen molar-refractivity contribution in [2.45, 2.75) is 75.7 Å². The molecular formula is C30H33F4NO4. The average Bonchev–Trinajstić information content (AvgIpc) is 3.27. The van der Waals surface area contributed by atoms with Crippen molar-refractivity contribution in [3.8, 4) is 5.75 Å². The van der Waals surface area contributed by atoms with Gasteiger partial charge in [0.25, 0.3) is 0 Å². The Morgan fingerprint density at radius 3 is 2.33 bits per heavy atom. The van der Waals surface area contributed by atoms with Gasteiger partial charge in [-0.2, -0.15) is 13.2 Å². The maximum Gasteiger partial charge on any atom is 0.426 e. The number of halogens is 4. The van der Waals surface area contributed by atoms with E-state index in [0.717, 1.165) is 11.6 Å². The zero-order valence-corrected chi connectivity index (χ0v) is 22.1. The van der Waals surface area contributed by atoms with Crippen LogP contribution in [0.5, 0.6) is 5.75 Å². The molecular weight excluding hydrogens is 514 g/mol. The van der Waals surface area contributed by atoms with Crippen molar-refractivity contribution >= 4 is 11.9 Å². The summed E-state index contributed by atoms with van der Waals surface area (Å²) in [7, 11) is 0. The number of alkyl halides is 4. The van der Waals surface area contributed by atoms with E-state index in [-0.39, 0.29) is 24.3 Å². The van der Waals surface area contributed by atoms with Gasteiger partial charge in [0.05, 0.1) is 12.0 Å². The van der Waals surface area contributed by atoms with Gasteiger partial charge in [-0.3, -0.25) is 9.59 Å². The van der Waals surface area contributed by atoms with Crippen LogP contribution in [0.15, 0.2) is 48.5 Å². The van der Waals surface area contributed by atoms with Gasteiger partial charge in [0, 0.05) is 28.5 Å². The first kappa shape index (κ1) is 27.5. The summed E-state index contributed by atoms with van der Waals surface area (Å²) < 4.78 is 61.2. The molecule has 2 aromatic rings. The summed E-state index contributed by atoms with van der Waals surface area (Å²) in [5.41, 5.74) is -3.66. The number of carbonyl (C=O) groups is 2. The van der Waals surface area contributed by atoms with Crippen LogP contribution in [0.4, 0.5) is 17.6 Å². The number of carboxylic acid groups (broad SMARTS) is 1.